The van der Waals surface area contributed by atoms with E-state index in [-0.39, 0.29) is 18.4 Å². The number of carbonyl (C=O) groups excluding carboxylic acids is 2. The number of likely N-dealkylation sites (tertiary alicyclic amines) is 1. The van der Waals surface area contributed by atoms with E-state index < -0.39 is 0 Å². The molecule has 0 unspecified atom stereocenters. The SMILES string of the molecule is [N-]=[N+]=Nc1ccccc1NC(=O)CN1CCCC1=O. The molecule has 1 aliphatic rings. The van der Waals surface area contributed by atoms with Crippen LogP contribution in [-0.4, -0.2) is 29.8 Å². The van der Waals surface area contributed by atoms with E-state index in [0.717, 1.165) is 6.42 Å². The molecule has 7 nitrogen and oxygen atoms in total. The number of hydrogen-bond acceptors (Lipinski definition) is 3. The summed E-state index contributed by atoms with van der Waals surface area (Å²) < 4.78 is 0. The molecule has 0 saturated carbocycles. The first-order valence-electron chi connectivity index (χ1n) is 5.92. The fraction of sp³-hybridized carbons (Fsp3) is 0.333. The molecule has 0 aromatic heterocycles. The average Bonchev–Trinajstić information content (AvgIpc) is 2.78. The monoisotopic (exact) mass is 259 g/mol. The molecule has 0 spiro atoms. The molecule has 1 aliphatic heterocycles. The second kappa shape index (κ2) is 5.88. The van der Waals surface area contributed by atoms with Gasteiger partial charge in [-0.15, -0.1) is 0 Å². The molecule has 1 aromatic carbocycles. The van der Waals surface area contributed by atoms with Crippen molar-refractivity contribution in [3.63, 3.8) is 0 Å². The van der Waals surface area contributed by atoms with Crippen molar-refractivity contribution in [3.05, 3.63) is 34.7 Å². The van der Waals surface area contributed by atoms with Crippen molar-refractivity contribution in [1.29, 1.82) is 0 Å². The number of rotatable bonds is 4. The van der Waals surface area contributed by atoms with Crippen molar-refractivity contribution < 1.29 is 9.59 Å². The maximum absolute atomic E-state index is 11.8. The molecule has 1 N–H and O–H groups in total. The van der Waals surface area contributed by atoms with Gasteiger partial charge in [-0.25, -0.2) is 0 Å². The van der Waals surface area contributed by atoms with Crippen LogP contribution < -0.4 is 5.32 Å². The van der Waals surface area contributed by atoms with Crippen molar-refractivity contribution in [2.75, 3.05) is 18.4 Å². The number of para-hydroxylation sites is 1. The number of anilines is 1. The van der Waals surface area contributed by atoms with E-state index in [1.807, 2.05) is 0 Å². The Hall–Kier alpha value is -2.53. The predicted molar refractivity (Wildman–Crippen MR) is 69.7 cm³/mol. The number of nitrogens with zero attached hydrogens (tertiary/aromatic N) is 4. The number of carbonyl (C=O) groups is 2. The Morgan fingerprint density at radius 2 is 2.26 bits per heavy atom. The average molecular weight is 259 g/mol. The number of amides is 2. The van der Waals surface area contributed by atoms with Gasteiger partial charge in [0, 0.05) is 17.9 Å². The summed E-state index contributed by atoms with van der Waals surface area (Å²) in [5, 5.41) is 6.14. The summed E-state index contributed by atoms with van der Waals surface area (Å²) in [5.74, 6) is -0.297. The Kier molecular flexibility index (Phi) is 4.00. The van der Waals surface area contributed by atoms with Gasteiger partial charge in [0.25, 0.3) is 0 Å². The smallest absolute Gasteiger partial charge is 0.244 e. The number of azide groups is 1. The predicted octanol–water partition coefficient (Wildman–Crippen LogP) is 2.19. The lowest BCUT2D eigenvalue weighted by Crippen LogP contribution is -2.33. The molecule has 1 saturated heterocycles. The normalized spacial score (nSPS) is 14.1. The van der Waals surface area contributed by atoms with E-state index >= 15 is 0 Å². The molecule has 1 aromatic rings. The van der Waals surface area contributed by atoms with Gasteiger partial charge in [-0.3, -0.25) is 9.59 Å². The van der Waals surface area contributed by atoms with E-state index in [1.165, 1.54) is 4.90 Å². The van der Waals surface area contributed by atoms with Crippen LogP contribution in [0.1, 0.15) is 12.8 Å². The molecule has 2 amide bonds. The van der Waals surface area contributed by atoms with E-state index in [0.29, 0.717) is 24.3 Å². The molecule has 1 fully saturated rings. The third-order valence-electron chi connectivity index (χ3n) is 2.84. The number of hydrogen-bond donors (Lipinski definition) is 1. The molecule has 7 heteroatoms. The number of nitrogens with one attached hydrogen (secondary N) is 1. The molecule has 2 rings (SSSR count). The Morgan fingerprint density at radius 1 is 1.47 bits per heavy atom. The molecular weight excluding hydrogens is 246 g/mol. The largest absolute Gasteiger partial charge is 0.333 e. The van der Waals surface area contributed by atoms with E-state index in [2.05, 4.69) is 15.3 Å². The van der Waals surface area contributed by atoms with Crippen LogP contribution in [-0.2, 0) is 9.59 Å². The fourth-order valence-corrected chi connectivity index (χ4v) is 1.95. The lowest BCUT2D eigenvalue weighted by Gasteiger charge is -2.15. The van der Waals surface area contributed by atoms with Crippen molar-refractivity contribution in [2.45, 2.75) is 12.8 Å². The fourth-order valence-electron chi connectivity index (χ4n) is 1.95. The summed E-state index contributed by atoms with van der Waals surface area (Å²) in [7, 11) is 0. The van der Waals surface area contributed by atoms with Gasteiger partial charge in [-0.05, 0) is 18.0 Å². The van der Waals surface area contributed by atoms with Gasteiger partial charge in [0.2, 0.25) is 11.8 Å². The van der Waals surface area contributed by atoms with Crippen molar-refractivity contribution in [2.24, 2.45) is 5.11 Å². The second-order valence-corrected chi connectivity index (χ2v) is 4.17. The summed E-state index contributed by atoms with van der Waals surface area (Å²) in [6.07, 6.45) is 1.30. The highest BCUT2D eigenvalue weighted by atomic mass is 16.2. The van der Waals surface area contributed by atoms with Crippen LogP contribution in [0.2, 0.25) is 0 Å². The minimum absolute atomic E-state index is 0.00141. The summed E-state index contributed by atoms with van der Waals surface area (Å²) in [6, 6.07) is 6.70. The highest BCUT2D eigenvalue weighted by Gasteiger charge is 2.22. The molecule has 0 radical (unpaired) electrons. The molecule has 19 heavy (non-hydrogen) atoms. The topological polar surface area (TPSA) is 98.2 Å². The highest BCUT2D eigenvalue weighted by Crippen LogP contribution is 2.24. The third-order valence-corrected chi connectivity index (χ3v) is 2.84. The zero-order chi connectivity index (χ0) is 13.7. The maximum atomic E-state index is 11.8. The molecule has 1 heterocycles. The molecule has 0 atom stereocenters. The summed E-state index contributed by atoms with van der Waals surface area (Å²) in [4.78, 5) is 27.5. The van der Waals surface area contributed by atoms with E-state index in [9.17, 15) is 9.59 Å². The van der Waals surface area contributed by atoms with Crippen molar-refractivity contribution >= 4 is 23.2 Å². The summed E-state index contributed by atoms with van der Waals surface area (Å²) in [6.45, 7) is 0.647. The van der Waals surface area contributed by atoms with Gasteiger partial charge in [0.1, 0.15) is 0 Å². The molecule has 0 bridgehead atoms. The quantitative estimate of drug-likeness (QED) is 0.509. The Morgan fingerprint density at radius 3 is 2.95 bits per heavy atom. The van der Waals surface area contributed by atoms with Crippen LogP contribution >= 0.6 is 0 Å². The zero-order valence-corrected chi connectivity index (χ0v) is 10.2. The maximum Gasteiger partial charge on any atom is 0.244 e. The zero-order valence-electron chi connectivity index (χ0n) is 10.2. The van der Waals surface area contributed by atoms with Gasteiger partial charge in [0.15, 0.2) is 0 Å². The van der Waals surface area contributed by atoms with Gasteiger partial charge in [0.05, 0.1) is 17.9 Å². The minimum atomic E-state index is -0.296. The van der Waals surface area contributed by atoms with Gasteiger partial charge in [-0.1, -0.05) is 23.3 Å². The van der Waals surface area contributed by atoms with Gasteiger partial charge < -0.3 is 10.2 Å². The van der Waals surface area contributed by atoms with E-state index in [4.69, 9.17) is 5.53 Å². The minimum Gasteiger partial charge on any atom is -0.333 e. The Balaban J connectivity index is 2.02. The molecule has 0 aliphatic carbocycles. The first-order chi connectivity index (χ1) is 9.20. The molecule has 98 valence electrons. The van der Waals surface area contributed by atoms with Gasteiger partial charge >= 0.3 is 0 Å². The van der Waals surface area contributed by atoms with Crippen molar-refractivity contribution in [1.82, 2.24) is 4.90 Å². The van der Waals surface area contributed by atoms with Crippen LogP contribution in [0.25, 0.3) is 10.4 Å². The third kappa shape index (κ3) is 3.23. The van der Waals surface area contributed by atoms with Crippen molar-refractivity contribution in [3.8, 4) is 0 Å². The number of benzene rings is 1. The lowest BCUT2D eigenvalue weighted by molar-refractivity contribution is -0.131. The Bertz CT molecular complexity index is 551. The highest BCUT2D eigenvalue weighted by molar-refractivity contribution is 5.96. The molecular formula is C12H13N5O2. The first-order valence-corrected chi connectivity index (χ1v) is 5.92. The first kappa shape index (κ1) is 12.9. The standard InChI is InChI=1S/C12H13N5O2/c13-16-15-10-5-2-1-4-9(10)14-11(18)8-17-7-3-6-12(17)19/h1-2,4-5H,3,6-8H2,(H,14,18). The lowest BCUT2D eigenvalue weighted by atomic mass is 10.2. The van der Waals surface area contributed by atoms with Crippen LogP contribution in [0.15, 0.2) is 29.4 Å². The summed E-state index contributed by atoms with van der Waals surface area (Å²) >= 11 is 0. The van der Waals surface area contributed by atoms with Crippen LogP contribution in [0.3, 0.4) is 0 Å². The van der Waals surface area contributed by atoms with E-state index in [1.54, 1.807) is 24.3 Å². The second-order valence-electron chi connectivity index (χ2n) is 4.17. The van der Waals surface area contributed by atoms with Crippen LogP contribution in [0.4, 0.5) is 11.4 Å². The van der Waals surface area contributed by atoms with Gasteiger partial charge in [-0.2, -0.15) is 0 Å². The summed E-state index contributed by atoms with van der Waals surface area (Å²) in [5.41, 5.74) is 9.23. The van der Waals surface area contributed by atoms with Crippen LogP contribution in [0, 0.1) is 0 Å². The van der Waals surface area contributed by atoms with Crippen LogP contribution in [0.5, 0.6) is 0 Å². The Labute approximate surface area is 109 Å².